The molecule has 1 atom stereocenters. The minimum absolute atomic E-state index is 0.290. The Bertz CT molecular complexity index is 350. The summed E-state index contributed by atoms with van der Waals surface area (Å²) in [4.78, 5) is 17.9. The van der Waals surface area contributed by atoms with Gasteiger partial charge in [0.05, 0.1) is 5.69 Å². The molecule has 1 aromatic rings. The molecule has 0 saturated carbocycles. The lowest BCUT2D eigenvalue weighted by atomic mass is 10.1. The van der Waals surface area contributed by atoms with Gasteiger partial charge in [-0.05, 0) is 38.4 Å². The SMILES string of the molecule is CC(=O)CC1CCCN1Cc1ccccn1. The standard InChI is InChI=1S/C13H18N2O/c1-11(16)9-13-6-4-8-15(13)10-12-5-2-3-7-14-12/h2-3,5,7,13H,4,6,8-10H2,1H3. The molecule has 0 spiro atoms. The molecule has 0 aliphatic carbocycles. The summed E-state index contributed by atoms with van der Waals surface area (Å²) in [6.45, 7) is 3.64. The summed E-state index contributed by atoms with van der Waals surface area (Å²) in [7, 11) is 0. The second kappa shape index (κ2) is 5.21. The molecule has 1 unspecified atom stereocenters. The molecule has 1 aromatic heterocycles. The number of carbonyl (C=O) groups is 1. The first-order valence-corrected chi connectivity index (χ1v) is 5.89. The predicted molar refractivity (Wildman–Crippen MR) is 63.0 cm³/mol. The molecule has 86 valence electrons. The summed E-state index contributed by atoms with van der Waals surface area (Å²) >= 11 is 0. The van der Waals surface area contributed by atoms with Gasteiger partial charge in [-0.25, -0.2) is 0 Å². The van der Waals surface area contributed by atoms with Crippen LogP contribution in [-0.4, -0.2) is 28.3 Å². The Kier molecular flexibility index (Phi) is 3.67. The molecule has 3 nitrogen and oxygen atoms in total. The molecule has 0 N–H and O–H groups in total. The zero-order chi connectivity index (χ0) is 11.4. The van der Waals surface area contributed by atoms with E-state index in [0.29, 0.717) is 12.5 Å². The van der Waals surface area contributed by atoms with Gasteiger partial charge in [-0.1, -0.05) is 6.07 Å². The van der Waals surface area contributed by atoms with Crippen LogP contribution in [-0.2, 0) is 11.3 Å². The minimum Gasteiger partial charge on any atom is -0.300 e. The van der Waals surface area contributed by atoms with Crippen molar-refractivity contribution >= 4 is 5.78 Å². The molecule has 0 radical (unpaired) electrons. The number of nitrogens with zero attached hydrogens (tertiary/aromatic N) is 2. The van der Waals surface area contributed by atoms with Crippen molar-refractivity contribution in [1.82, 2.24) is 9.88 Å². The number of likely N-dealkylation sites (tertiary alicyclic amines) is 1. The van der Waals surface area contributed by atoms with Gasteiger partial charge in [0.2, 0.25) is 0 Å². The van der Waals surface area contributed by atoms with Gasteiger partial charge in [0.25, 0.3) is 0 Å². The number of carbonyl (C=O) groups excluding carboxylic acids is 1. The van der Waals surface area contributed by atoms with E-state index in [0.717, 1.165) is 25.2 Å². The highest BCUT2D eigenvalue weighted by Gasteiger charge is 2.25. The van der Waals surface area contributed by atoms with Gasteiger partial charge in [-0.2, -0.15) is 0 Å². The highest BCUT2D eigenvalue weighted by Crippen LogP contribution is 2.21. The quantitative estimate of drug-likeness (QED) is 0.775. The lowest BCUT2D eigenvalue weighted by Gasteiger charge is -2.22. The van der Waals surface area contributed by atoms with Crippen LogP contribution < -0.4 is 0 Å². The van der Waals surface area contributed by atoms with Crippen molar-refractivity contribution in [2.24, 2.45) is 0 Å². The van der Waals surface area contributed by atoms with Gasteiger partial charge < -0.3 is 0 Å². The monoisotopic (exact) mass is 218 g/mol. The molecule has 1 saturated heterocycles. The third kappa shape index (κ3) is 2.89. The van der Waals surface area contributed by atoms with Crippen LogP contribution in [0.1, 0.15) is 31.9 Å². The van der Waals surface area contributed by atoms with E-state index in [1.54, 1.807) is 6.92 Å². The van der Waals surface area contributed by atoms with E-state index in [2.05, 4.69) is 9.88 Å². The van der Waals surface area contributed by atoms with Gasteiger partial charge >= 0.3 is 0 Å². The summed E-state index contributed by atoms with van der Waals surface area (Å²) in [6, 6.07) is 6.42. The van der Waals surface area contributed by atoms with Crippen molar-refractivity contribution in [3.63, 3.8) is 0 Å². The van der Waals surface area contributed by atoms with Gasteiger partial charge in [0, 0.05) is 25.2 Å². The average Bonchev–Trinajstić information content (AvgIpc) is 2.66. The Hall–Kier alpha value is -1.22. The largest absolute Gasteiger partial charge is 0.300 e. The third-order valence-electron chi connectivity index (χ3n) is 3.11. The molecular weight excluding hydrogens is 200 g/mol. The number of ketones is 1. The third-order valence-corrected chi connectivity index (χ3v) is 3.11. The van der Waals surface area contributed by atoms with Crippen LogP contribution in [0.25, 0.3) is 0 Å². The molecule has 2 rings (SSSR count). The van der Waals surface area contributed by atoms with Gasteiger partial charge in [0.15, 0.2) is 0 Å². The number of hydrogen-bond donors (Lipinski definition) is 0. The fourth-order valence-electron chi connectivity index (χ4n) is 2.37. The number of aromatic nitrogens is 1. The van der Waals surface area contributed by atoms with Crippen molar-refractivity contribution in [3.05, 3.63) is 30.1 Å². The Labute approximate surface area is 96.5 Å². The van der Waals surface area contributed by atoms with E-state index in [-0.39, 0.29) is 5.78 Å². The van der Waals surface area contributed by atoms with Crippen LogP contribution >= 0.6 is 0 Å². The van der Waals surface area contributed by atoms with Gasteiger partial charge in [-0.3, -0.25) is 14.7 Å². The predicted octanol–water partition coefficient (Wildman–Crippen LogP) is 2.03. The van der Waals surface area contributed by atoms with Crippen LogP contribution in [0.3, 0.4) is 0 Å². The van der Waals surface area contributed by atoms with E-state index in [1.807, 2.05) is 24.4 Å². The smallest absolute Gasteiger partial charge is 0.131 e. The molecule has 0 bridgehead atoms. The molecule has 1 aliphatic rings. The van der Waals surface area contributed by atoms with Crippen molar-refractivity contribution in [2.75, 3.05) is 6.54 Å². The summed E-state index contributed by atoms with van der Waals surface area (Å²) in [5.41, 5.74) is 1.10. The first-order chi connectivity index (χ1) is 7.75. The minimum atomic E-state index is 0.290. The number of hydrogen-bond acceptors (Lipinski definition) is 3. The molecule has 0 aromatic carbocycles. The molecule has 0 amide bonds. The summed E-state index contributed by atoms with van der Waals surface area (Å²) in [5, 5.41) is 0. The van der Waals surface area contributed by atoms with E-state index in [9.17, 15) is 4.79 Å². The molecule has 16 heavy (non-hydrogen) atoms. The van der Waals surface area contributed by atoms with E-state index < -0.39 is 0 Å². The fraction of sp³-hybridized carbons (Fsp3) is 0.538. The second-order valence-electron chi connectivity index (χ2n) is 4.49. The highest BCUT2D eigenvalue weighted by molar-refractivity contribution is 5.76. The molecule has 2 heterocycles. The van der Waals surface area contributed by atoms with Gasteiger partial charge in [0.1, 0.15) is 5.78 Å². The zero-order valence-electron chi connectivity index (χ0n) is 9.72. The van der Waals surface area contributed by atoms with Gasteiger partial charge in [-0.15, -0.1) is 0 Å². The second-order valence-corrected chi connectivity index (χ2v) is 4.49. The maximum atomic E-state index is 11.2. The number of pyridine rings is 1. The summed E-state index contributed by atoms with van der Waals surface area (Å²) in [6.07, 6.45) is 4.86. The van der Waals surface area contributed by atoms with Crippen LogP contribution in [0, 0.1) is 0 Å². The van der Waals surface area contributed by atoms with E-state index in [4.69, 9.17) is 0 Å². The average molecular weight is 218 g/mol. The van der Waals surface area contributed by atoms with Crippen molar-refractivity contribution in [1.29, 1.82) is 0 Å². The molecular formula is C13H18N2O. The Morgan fingerprint density at radius 1 is 1.56 bits per heavy atom. The van der Waals surface area contributed by atoms with Crippen molar-refractivity contribution in [2.45, 2.75) is 38.8 Å². The van der Waals surface area contributed by atoms with Crippen molar-refractivity contribution < 1.29 is 4.79 Å². The van der Waals surface area contributed by atoms with E-state index in [1.165, 1.54) is 6.42 Å². The van der Waals surface area contributed by atoms with E-state index >= 15 is 0 Å². The normalized spacial score (nSPS) is 21.2. The number of Topliss-reactive ketones (excluding diaryl/α,β-unsaturated/α-hetero) is 1. The Morgan fingerprint density at radius 3 is 3.12 bits per heavy atom. The molecule has 1 aliphatic heterocycles. The zero-order valence-corrected chi connectivity index (χ0v) is 9.72. The maximum Gasteiger partial charge on any atom is 0.131 e. The van der Waals surface area contributed by atoms with Crippen LogP contribution in [0.15, 0.2) is 24.4 Å². The molecule has 1 fully saturated rings. The maximum absolute atomic E-state index is 11.2. The van der Waals surface area contributed by atoms with Crippen molar-refractivity contribution in [3.8, 4) is 0 Å². The fourth-order valence-corrected chi connectivity index (χ4v) is 2.37. The highest BCUT2D eigenvalue weighted by atomic mass is 16.1. The summed E-state index contributed by atoms with van der Waals surface area (Å²) in [5.74, 6) is 0.290. The van der Waals surface area contributed by atoms with Crippen LogP contribution in [0.4, 0.5) is 0 Å². The number of rotatable bonds is 4. The Balaban J connectivity index is 1.96. The Morgan fingerprint density at radius 2 is 2.44 bits per heavy atom. The lowest BCUT2D eigenvalue weighted by molar-refractivity contribution is -0.118. The summed E-state index contributed by atoms with van der Waals surface area (Å²) < 4.78 is 0. The molecule has 3 heteroatoms. The first-order valence-electron chi connectivity index (χ1n) is 5.89. The lowest BCUT2D eigenvalue weighted by Crippen LogP contribution is -2.30. The van der Waals surface area contributed by atoms with Crippen LogP contribution in [0.2, 0.25) is 0 Å². The first kappa shape index (κ1) is 11.3. The van der Waals surface area contributed by atoms with Crippen LogP contribution in [0.5, 0.6) is 0 Å². The topological polar surface area (TPSA) is 33.2 Å².